The molecule has 1 aromatic carbocycles. The largest absolute Gasteiger partial charge is 0.245 e. The summed E-state index contributed by atoms with van der Waals surface area (Å²) in [6.45, 7) is 0. The maximum atomic E-state index is 12.8. The van der Waals surface area contributed by atoms with E-state index in [1.54, 1.807) is 5.38 Å². The summed E-state index contributed by atoms with van der Waals surface area (Å²) in [7, 11) is 0. The van der Waals surface area contributed by atoms with Crippen molar-refractivity contribution in [1.82, 2.24) is 4.98 Å². The lowest BCUT2D eigenvalue weighted by Crippen LogP contribution is -1.91. The standard InChI is InChI=1S/C9H4F3NS/c10-6-3-5(4-7(11)8(6)12)9-13-1-2-14-9/h1-4H. The number of hydrogen-bond acceptors (Lipinski definition) is 2. The molecule has 0 spiro atoms. The number of thiazole rings is 1. The molecule has 1 nitrogen and oxygen atoms in total. The highest BCUT2D eigenvalue weighted by molar-refractivity contribution is 7.13. The molecule has 5 heteroatoms. The van der Waals surface area contributed by atoms with Crippen LogP contribution in [-0.2, 0) is 0 Å². The van der Waals surface area contributed by atoms with Crippen molar-refractivity contribution in [2.45, 2.75) is 0 Å². The van der Waals surface area contributed by atoms with E-state index in [1.165, 1.54) is 17.5 Å². The van der Waals surface area contributed by atoms with Crippen molar-refractivity contribution in [2.24, 2.45) is 0 Å². The molecule has 0 aliphatic heterocycles. The summed E-state index contributed by atoms with van der Waals surface area (Å²) in [5, 5.41) is 2.14. The van der Waals surface area contributed by atoms with Crippen molar-refractivity contribution in [3.05, 3.63) is 41.2 Å². The Kier molecular flexibility index (Phi) is 2.25. The number of benzene rings is 1. The van der Waals surface area contributed by atoms with Gasteiger partial charge in [-0.2, -0.15) is 0 Å². The fourth-order valence-electron chi connectivity index (χ4n) is 1.05. The van der Waals surface area contributed by atoms with E-state index < -0.39 is 17.5 Å². The average molecular weight is 215 g/mol. The lowest BCUT2D eigenvalue weighted by molar-refractivity contribution is 0.447. The minimum absolute atomic E-state index is 0.247. The Hall–Kier alpha value is -1.36. The zero-order chi connectivity index (χ0) is 10.1. The van der Waals surface area contributed by atoms with Crippen molar-refractivity contribution in [3.63, 3.8) is 0 Å². The van der Waals surface area contributed by atoms with Gasteiger partial charge in [0, 0.05) is 17.1 Å². The molecule has 0 fully saturated rings. The Morgan fingerprint density at radius 1 is 1.07 bits per heavy atom. The summed E-state index contributed by atoms with van der Waals surface area (Å²) in [6, 6.07) is 1.86. The Bertz CT molecular complexity index is 430. The van der Waals surface area contributed by atoms with Crippen molar-refractivity contribution in [3.8, 4) is 10.6 Å². The van der Waals surface area contributed by atoms with Gasteiger partial charge in [0.25, 0.3) is 0 Å². The van der Waals surface area contributed by atoms with Gasteiger partial charge < -0.3 is 0 Å². The van der Waals surface area contributed by atoms with Gasteiger partial charge in [0.05, 0.1) is 0 Å². The molecule has 2 rings (SSSR count). The number of halogens is 3. The van der Waals surface area contributed by atoms with Gasteiger partial charge in [-0.1, -0.05) is 0 Å². The number of rotatable bonds is 1. The first-order valence-corrected chi connectivity index (χ1v) is 4.61. The molecule has 0 saturated heterocycles. The van der Waals surface area contributed by atoms with Gasteiger partial charge in [-0.3, -0.25) is 0 Å². The van der Waals surface area contributed by atoms with E-state index in [0.29, 0.717) is 5.01 Å². The van der Waals surface area contributed by atoms with Crippen LogP contribution in [0.25, 0.3) is 10.6 Å². The lowest BCUT2D eigenvalue weighted by atomic mass is 10.2. The molecule has 1 aromatic heterocycles. The van der Waals surface area contributed by atoms with Crippen LogP contribution in [0.1, 0.15) is 0 Å². The van der Waals surface area contributed by atoms with Crippen LogP contribution >= 0.6 is 11.3 Å². The number of hydrogen-bond donors (Lipinski definition) is 0. The predicted molar refractivity (Wildman–Crippen MR) is 47.4 cm³/mol. The zero-order valence-corrected chi connectivity index (χ0v) is 7.62. The summed E-state index contributed by atoms with van der Waals surface area (Å²) >= 11 is 1.23. The van der Waals surface area contributed by atoms with Crippen LogP contribution in [0.5, 0.6) is 0 Å². The monoisotopic (exact) mass is 215 g/mol. The average Bonchev–Trinajstić information content (AvgIpc) is 2.66. The van der Waals surface area contributed by atoms with Gasteiger partial charge in [-0.05, 0) is 12.1 Å². The molecule has 0 aliphatic rings. The Morgan fingerprint density at radius 3 is 2.21 bits per heavy atom. The zero-order valence-electron chi connectivity index (χ0n) is 6.80. The lowest BCUT2D eigenvalue weighted by Gasteiger charge is -1.99. The molecule has 0 saturated carbocycles. The molecule has 0 bridgehead atoms. The topological polar surface area (TPSA) is 12.9 Å². The Balaban J connectivity index is 2.57. The SMILES string of the molecule is Fc1cc(-c2nccs2)cc(F)c1F. The van der Waals surface area contributed by atoms with E-state index >= 15 is 0 Å². The van der Waals surface area contributed by atoms with E-state index in [2.05, 4.69) is 4.98 Å². The Morgan fingerprint density at radius 2 is 1.71 bits per heavy atom. The van der Waals surface area contributed by atoms with E-state index in [4.69, 9.17) is 0 Å². The molecule has 0 aliphatic carbocycles. The van der Waals surface area contributed by atoms with E-state index in [-0.39, 0.29) is 5.56 Å². The first-order valence-electron chi connectivity index (χ1n) is 3.73. The summed E-state index contributed by atoms with van der Waals surface area (Å²) in [6.07, 6.45) is 1.51. The molecule has 0 amide bonds. The van der Waals surface area contributed by atoms with E-state index in [9.17, 15) is 13.2 Å². The maximum absolute atomic E-state index is 12.8. The van der Waals surface area contributed by atoms with E-state index in [1.807, 2.05) is 0 Å². The third kappa shape index (κ3) is 1.50. The third-order valence-corrected chi connectivity index (χ3v) is 2.49. The molecule has 0 N–H and O–H groups in total. The highest BCUT2D eigenvalue weighted by atomic mass is 32.1. The van der Waals surface area contributed by atoms with Gasteiger partial charge in [0.1, 0.15) is 5.01 Å². The molecular formula is C9H4F3NS. The fourth-order valence-corrected chi connectivity index (χ4v) is 1.67. The highest BCUT2D eigenvalue weighted by Crippen LogP contribution is 2.24. The third-order valence-electron chi connectivity index (χ3n) is 1.66. The van der Waals surface area contributed by atoms with Crippen molar-refractivity contribution in [1.29, 1.82) is 0 Å². The van der Waals surface area contributed by atoms with Crippen molar-refractivity contribution in [2.75, 3.05) is 0 Å². The molecule has 1 heterocycles. The van der Waals surface area contributed by atoms with Gasteiger partial charge in [0.2, 0.25) is 0 Å². The van der Waals surface area contributed by atoms with Crippen LogP contribution in [0.2, 0.25) is 0 Å². The summed E-state index contributed by atoms with van der Waals surface area (Å²) in [4.78, 5) is 3.86. The van der Waals surface area contributed by atoms with Crippen molar-refractivity contribution >= 4 is 11.3 Å². The van der Waals surface area contributed by atoms with Crippen LogP contribution < -0.4 is 0 Å². The summed E-state index contributed by atoms with van der Waals surface area (Å²) in [5.74, 6) is -3.85. The molecule has 2 aromatic rings. The maximum Gasteiger partial charge on any atom is 0.194 e. The second kappa shape index (κ2) is 3.42. The first kappa shape index (κ1) is 9.21. The van der Waals surface area contributed by atoms with Crippen LogP contribution in [0, 0.1) is 17.5 Å². The summed E-state index contributed by atoms with van der Waals surface area (Å²) in [5.41, 5.74) is 0.247. The normalized spacial score (nSPS) is 10.5. The minimum Gasteiger partial charge on any atom is -0.245 e. The molecule has 0 radical (unpaired) electrons. The highest BCUT2D eigenvalue weighted by Gasteiger charge is 2.12. The van der Waals surface area contributed by atoms with Crippen LogP contribution in [-0.4, -0.2) is 4.98 Å². The smallest absolute Gasteiger partial charge is 0.194 e. The van der Waals surface area contributed by atoms with E-state index in [0.717, 1.165) is 12.1 Å². The van der Waals surface area contributed by atoms with Crippen LogP contribution in [0.4, 0.5) is 13.2 Å². The second-order valence-corrected chi connectivity index (χ2v) is 3.49. The fraction of sp³-hybridized carbons (Fsp3) is 0. The second-order valence-electron chi connectivity index (χ2n) is 2.59. The minimum atomic E-state index is -1.45. The molecule has 14 heavy (non-hydrogen) atoms. The number of aromatic nitrogens is 1. The number of nitrogens with zero attached hydrogens (tertiary/aromatic N) is 1. The molecular weight excluding hydrogens is 211 g/mol. The van der Waals surface area contributed by atoms with Crippen molar-refractivity contribution < 1.29 is 13.2 Å². The molecule has 72 valence electrons. The van der Waals surface area contributed by atoms with Gasteiger partial charge in [-0.15, -0.1) is 11.3 Å². The van der Waals surface area contributed by atoms with Crippen LogP contribution in [0.3, 0.4) is 0 Å². The summed E-state index contributed by atoms with van der Waals surface area (Å²) < 4.78 is 38.2. The van der Waals surface area contributed by atoms with Crippen LogP contribution in [0.15, 0.2) is 23.7 Å². The Labute approximate surface area is 81.8 Å². The van der Waals surface area contributed by atoms with Gasteiger partial charge in [-0.25, -0.2) is 18.2 Å². The van der Waals surface area contributed by atoms with Gasteiger partial charge >= 0.3 is 0 Å². The predicted octanol–water partition coefficient (Wildman–Crippen LogP) is 3.23. The molecule has 0 atom stereocenters. The molecule has 0 unspecified atom stereocenters. The first-order chi connectivity index (χ1) is 6.68. The van der Waals surface area contributed by atoms with Gasteiger partial charge in [0.15, 0.2) is 17.5 Å². The quantitative estimate of drug-likeness (QED) is 0.665.